The SMILES string of the molecule is O=C(CNC(=O)c1ccc(Cl)cc1Cl)NCc1cn2cc(Br)ccc2n1. The lowest BCUT2D eigenvalue weighted by atomic mass is 10.2. The van der Waals surface area contributed by atoms with Crippen molar-refractivity contribution in [3.8, 4) is 0 Å². The van der Waals surface area contributed by atoms with Gasteiger partial charge in [-0.1, -0.05) is 23.2 Å². The lowest BCUT2D eigenvalue weighted by Gasteiger charge is -2.07. The van der Waals surface area contributed by atoms with Gasteiger partial charge in [0.2, 0.25) is 5.91 Å². The van der Waals surface area contributed by atoms with Gasteiger partial charge in [-0.3, -0.25) is 9.59 Å². The fraction of sp³-hybridized carbons (Fsp3) is 0.118. The molecule has 2 aromatic heterocycles. The van der Waals surface area contributed by atoms with Crippen LogP contribution in [-0.2, 0) is 11.3 Å². The summed E-state index contributed by atoms with van der Waals surface area (Å²) in [6.07, 6.45) is 3.70. The first-order valence-corrected chi connectivity index (χ1v) is 9.10. The third-order valence-electron chi connectivity index (χ3n) is 3.52. The van der Waals surface area contributed by atoms with E-state index in [-0.39, 0.29) is 29.6 Å². The van der Waals surface area contributed by atoms with E-state index in [2.05, 4.69) is 31.5 Å². The van der Waals surface area contributed by atoms with Crippen LogP contribution in [0.3, 0.4) is 0 Å². The second-order valence-corrected chi connectivity index (χ2v) is 7.19. The highest BCUT2D eigenvalue weighted by atomic mass is 79.9. The van der Waals surface area contributed by atoms with Gasteiger partial charge in [-0.2, -0.15) is 0 Å². The molecule has 0 radical (unpaired) electrons. The van der Waals surface area contributed by atoms with Crippen molar-refractivity contribution in [3.05, 3.63) is 68.5 Å². The van der Waals surface area contributed by atoms with E-state index in [1.807, 2.05) is 28.9 Å². The number of nitrogens with zero attached hydrogens (tertiary/aromatic N) is 2. The van der Waals surface area contributed by atoms with E-state index in [4.69, 9.17) is 23.2 Å². The van der Waals surface area contributed by atoms with Crippen LogP contribution < -0.4 is 10.6 Å². The van der Waals surface area contributed by atoms with Crippen molar-refractivity contribution in [1.29, 1.82) is 0 Å². The first kappa shape index (κ1) is 18.7. The number of hydrogen-bond acceptors (Lipinski definition) is 3. The van der Waals surface area contributed by atoms with E-state index in [9.17, 15) is 9.59 Å². The number of nitrogens with one attached hydrogen (secondary N) is 2. The van der Waals surface area contributed by atoms with Gasteiger partial charge in [-0.05, 0) is 46.3 Å². The van der Waals surface area contributed by atoms with Crippen molar-refractivity contribution >= 4 is 56.6 Å². The summed E-state index contributed by atoms with van der Waals surface area (Å²) in [7, 11) is 0. The lowest BCUT2D eigenvalue weighted by Crippen LogP contribution is -2.36. The highest BCUT2D eigenvalue weighted by Gasteiger charge is 2.12. The molecule has 2 amide bonds. The predicted molar refractivity (Wildman–Crippen MR) is 104 cm³/mol. The Morgan fingerprint density at radius 1 is 1.12 bits per heavy atom. The van der Waals surface area contributed by atoms with Crippen LogP contribution in [0.5, 0.6) is 0 Å². The molecule has 6 nitrogen and oxygen atoms in total. The molecule has 2 N–H and O–H groups in total. The first-order chi connectivity index (χ1) is 12.4. The topological polar surface area (TPSA) is 75.5 Å². The molecule has 0 aliphatic rings. The number of imidazole rings is 1. The average molecular weight is 456 g/mol. The number of rotatable bonds is 5. The minimum absolute atomic E-state index is 0.170. The Kier molecular flexibility index (Phi) is 5.80. The maximum atomic E-state index is 12.1. The highest BCUT2D eigenvalue weighted by Crippen LogP contribution is 2.20. The molecule has 9 heteroatoms. The summed E-state index contributed by atoms with van der Waals surface area (Å²) in [5.74, 6) is -0.777. The molecule has 0 spiro atoms. The maximum Gasteiger partial charge on any atom is 0.253 e. The Labute approximate surface area is 167 Å². The van der Waals surface area contributed by atoms with Gasteiger partial charge in [0.05, 0.1) is 29.4 Å². The van der Waals surface area contributed by atoms with Gasteiger partial charge in [-0.15, -0.1) is 0 Å². The lowest BCUT2D eigenvalue weighted by molar-refractivity contribution is -0.120. The normalized spacial score (nSPS) is 10.7. The molecule has 0 bridgehead atoms. The summed E-state index contributed by atoms with van der Waals surface area (Å²) in [6, 6.07) is 8.30. The molecule has 0 saturated carbocycles. The molecular weight excluding hydrogens is 443 g/mol. The molecule has 2 heterocycles. The molecule has 0 aliphatic heterocycles. The van der Waals surface area contributed by atoms with Crippen LogP contribution in [-0.4, -0.2) is 27.7 Å². The molecule has 1 aromatic carbocycles. The van der Waals surface area contributed by atoms with E-state index < -0.39 is 5.91 Å². The highest BCUT2D eigenvalue weighted by molar-refractivity contribution is 9.10. The molecule has 0 aliphatic carbocycles. The largest absolute Gasteiger partial charge is 0.349 e. The second-order valence-electron chi connectivity index (χ2n) is 5.43. The van der Waals surface area contributed by atoms with Crippen LogP contribution >= 0.6 is 39.1 Å². The van der Waals surface area contributed by atoms with Crippen LogP contribution in [0, 0.1) is 0 Å². The van der Waals surface area contributed by atoms with Crippen LogP contribution in [0.15, 0.2) is 47.2 Å². The Morgan fingerprint density at radius 3 is 2.69 bits per heavy atom. The van der Waals surface area contributed by atoms with E-state index in [1.54, 1.807) is 6.07 Å². The summed E-state index contributed by atoms with van der Waals surface area (Å²) in [4.78, 5) is 28.4. The molecular formula is C17H13BrCl2N4O2. The van der Waals surface area contributed by atoms with E-state index in [1.165, 1.54) is 12.1 Å². The molecule has 0 atom stereocenters. The van der Waals surface area contributed by atoms with E-state index in [0.29, 0.717) is 10.7 Å². The Hall–Kier alpha value is -2.09. The second kappa shape index (κ2) is 8.07. The molecule has 26 heavy (non-hydrogen) atoms. The third kappa shape index (κ3) is 4.55. The van der Waals surface area contributed by atoms with Gasteiger partial charge in [0.15, 0.2) is 0 Å². The van der Waals surface area contributed by atoms with Crippen molar-refractivity contribution < 1.29 is 9.59 Å². The van der Waals surface area contributed by atoms with Gasteiger partial charge in [-0.25, -0.2) is 4.98 Å². The molecule has 3 aromatic rings. The number of carbonyl (C=O) groups is 2. The summed E-state index contributed by atoms with van der Waals surface area (Å²) >= 11 is 15.2. The quantitative estimate of drug-likeness (QED) is 0.618. The van der Waals surface area contributed by atoms with Crippen molar-refractivity contribution in [2.24, 2.45) is 0 Å². The number of amides is 2. The molecule has 0 saturated heterocycles. The number of fused-ring (bicyclic) bond motifs is 1. The zero-order chi connectivity index (χ0) is 18.7. The fourth-order valence-corrected chi connectivity index (χ4v) is 3.13. The van der Waals surface area contributed by atoms with Gasteiger partial charge in [0, 0.05) is 21.9 Å². The minimum atomic E-state index is -0.445. The monoisotopic (exact) mass is 454 g/mol. The zero-order valence-corrected chi connectivity index (χ0v) is 16.4. The first-order valence-electron chi connectivity index (χ1n) is 7.55. The Bertz CT molecular complexity index is 990. The third-order valence-corrected chi connectivity index (χ3v) is 4.53. The average Bonchev–Trinajstić information content (AvgIpc) is 2.99. The van der Waals surface area contributed by atoms with Crippen LogP contribution in [0.25, 0.3) is 5.65 Å². The summed E-state index contributed by atoms with van der Waals surface area (Å²) in [5, 5.41) is 5.89. The van der Waals surface area contributed by atoms with Crippen molar-refractivity contribution in [2.75, 3.05) is 6.54 Å². The van der Waals surface area contributed by atoms with Gasteiger partial charge in [0.25, 0.3) is 5.91 Å². The number of carbonyl (C=O) groups excluding carboxylic acids is 2. The number of pyridine rings is 1. The van der Waals surface area contributed by atoms with Crippen LogP contribution in [0.1, 0.15) is 16.1 Å². The number of aromatic nitrogens is 2. The molecule has 0 fully saturated rings. The standard InChI is InChI=1S/C17H13BrCl2N4O2/c18-10-1-4-15-23-12(9-24(15)8-10)6-21-16(25)7-22-17(26)13-3-2-11(19)5-14(13)20/h1-5,8-9H,6-7H2,(H,21,25)(H,22,26). The number of benzene rings is 1. The molecule has 3 rings (SSSR count). The fourth-order valence-electron chi connectivity index (χ4n) is 2.28. The molecule has 0 unspecified atom stereocenters. The number of hydrogen-bond donors (Lipinski definition) is 2. The summed E-state index contributed by atoms with van der Waals surface area (Å²) < 4.78 is 2.79. The smallest absolute Gasteiger partial charge is 0.253 e. The molecule has 134 valence electrons. The summed E-state index contributed by atoms with van der Waals surface area (Å²) in [5.41, 5.74) is 1.75. The minimum Gasteiger partial charge on any atom is -0.349 e. The van der Waals surface area contributed by atoms with E-state index in [0.717, 1.165) is 10.1 Å². The van der Waals surface area contributed by atoms with Crippen molar-refractivity contribution in [1.82, 2.24) is 20.0 Å². The van der Waals surface area contributed by atoms with Crippen LogP contribution in [0.4, 0.5) is 0 Å². The zero-order valence-electron chi connectivity index (χ0n) is 13.3. The van der Waals surface area contributed by atoms with Gasteiger partial charge < -0.3 is 15.0 Å². The maximum absolute atomic E-state index is 12.1. The summed E-state index contributed by atoms with van der Waals surface area (Å²) in [6.45, 7) is 0.0897. The van der Waals surface area contributed by atoms with Gasteiger partial charge >= 0.3 is 0 Å². The van der Waals surface area contributed by atoms with E-state index >= 15 is 0 Å². The number of halogens is 3. The van der Waals surface area contributed by atoms with Gasteiger partial charge in [0.1, 0.15) is 5.65 Å². The van der Waals surface area contributed by atoms with Crippen LogP contribution in [0.2, 0.25) is 10.0 Å². The predicted octanol–water partition coefficient (Wildman–Crippen LogP) is 3.45. The van der Waals surface area contributed by atoms with Crippen molar-refractivity contribution in [2.45, 2.75) is 6.54 Å². The van der Waals surface area contributed by atoms with Crippen molar-refractivity contribution in [3.63, 3.8) is 0 Å². The Balaban J connectivity index is 1.52. The Morgan fingerprint density at radius 2 is 1.92 bits per heavy atom.